The highest BCUT2D eigenvalue weighted by molar-refractivity contribution is 6.30. The number of ether oxygens (including phenoxy) is 1. The van der Waals surface area contributed by atoms with Gasteiger partial charge in [-0.15, -0.1) is 0 Å². The van der Waals surface area contributed by atoms with Crippen LogP contribution in [0.15, 0.2) is 12.1 Å². The van der Waals surface area contributed by atoms with Gasteiger partial charge in [-0.25, -0.2) is 0 Å². The quantitative estimate of drug-likeness (QED) is 0.860. The van der Waals surface area contributed by atoms with Gasteiger partial charge in [0.25, 0.3) is 0 Å². The Labute approximate surface area is 124 Å². The number of fused-ring (bicyclic) bond motifs is 1. The number of rotatable bonds is 1. The Morgan fingerprint density at radius 3 is 3.05 bits per heavy atom. The van der Waals surface area contributed by atoms with Crippen molar-refractivity contribution in [3.63, 3.8) is 0 Å². The van der Waals surface area contributed by atoms with E-state index < -0.39 is 0 Å². The van der Waals surface area contributed by atoms with Crippen LogP contribution in [0, 0.1) is 0 Å². The molecule has 0 radical (unpaired) electrons. The molecule has 1 saturated heterocycles. The molecule has 0 saturated carbocycles. The lowest BCUT2D eigenvalue weighted by Gasteiger charge is -2.33. The number of hydrogen-bond donors (Lipinski definition) is 1. The summed E-state index contributed by atoms with van der Waals surface area (Å²) in [5, 5.41) is 4.22. The lowest BCUT2D eigenvalue weighted by Crippen LogP contribution is -2.38. The van der Waals surface area contributed by atoms with E-state index in [9.17, 15) is 4.79 Å². The van der Waals surface area contributed by atoms with Gasteiger partial charge in [0.2, 0.25) is 5.91 Å². The third-order valence-electron chi connectivity index (χ3n) is 4.08. The van der Waals surface area contributed by atoms with Crippen molar-refractivity contribution < 1.29 is 9.53 Å². The highest BCUT2D eigenvalue weighted by Gasteiger charge is 2.25. The zero-order chi connectivity index (χ0) is 14.1. The molecule has 2 aliphatic rings. The molecule has 1 amide bonds. The molecule has 4 nitrogen and oxygen atoms in total. The van der Waals surface area contributed by atoms with Gasteiger partial charge >= 0.3 is 0 Å². The SMILES string of the molecule is CC(=O)N1CCc2c(cc(Cl)cc2C2COCCN2)C1. The van der Waals surface area contributed by atoms with Gasteiger partial charge in [0.1, 0.15) is 0 Å². The van der Waals surface area contributed by atoms with Crippen LogP contribution in [0.5, 0.6) is 0 Å². The topological polar surface area (TPSA) is 41.6 Å². The van der Waals surface area contributed by atoms with Gasteiger partial charge in [0.05, 0.1) is 19.3 Å². The highest BCUT2D eigenvalue weighted by Crippen LogP contribution is 2.31. The summed E-state index contributed by atoms with van der Waals surface area (Å²) in [4.78, 5) is 13.4. The Morgan fingerprint density at radius 2 is 2.35 bits per heavy atom. The predicted octanol–water partition coefficient (Wildman–Crippen LogP) is 1.91. The van der Waals surface area contributed by atoms with E-state index in [0.29, 0.717) is 13.2 Å². The van der Waals surface area contributed by atoms with Crippen molar-refractivity contribution in [2.24, 2.45) is 0 Å². The predicted molar refractivity (Wildman–Crippen MR) is 77.8 cm³/mol. The van der Waals surface area contributed by atoms with E-state index >= 15 is 0 Å². The maximum Gasteiger partial charge on any atom is 0.219 e. The number of amides is 1. The van der Waals surface area contributed by atoms with E-state index in [4.69, 9.17) is 16.3 Å². The van der Waals surface area contributed by atoms with Crippen molar-refractivity contribution in [1.82, 2.24) is 10.2 Å². The lowest BCUT2D eigenvalue weighted by atomic mass is 9.90. The molecular formula is C15H19ClN2O2. The molecule has 1 aromatic rings. The van der Waals surface area contributed by atoms with Crippen molar-refractivity contribution in [3.05, 3.63) is 33.8 Å². The summed E-state index contributed by atoms with van der Waals surface area (Å²) in [6.07, 6.45) is 0.888. The summed E-state index contributed by atoms with van der Waals surface area (Å²) < 4.78 is 5.56. The second-order valence-electron chi connectivity index (χ2n) is 5.40. The van der Waals surface area contributed by atoms with E-state index in [1.165, 1.54) is 16.7 Å². The second kappa shape index (κ2) is 5.72. The van der Waals surface area contributed by atoms with Crippen LogP contribution in [0.4, 0.5) is 0 Å². The Kier molecular flexibility index (Phi) is 3.96. The molecule has 0 spiro atoms. The van der Waals surface area contributed by atoms with Crippen molar-refractivity contribution >= 4 is 17.5 Å². The maximum atomic E-state index is 11.5. The third-order valence-corrected chi connectivity index (χ3v) is 4.30. The number of carbonyl (C=O) groups excluding carboxylic acids is 1. The van der Waals surface area contributed by atoms with Crippen LogP contribution in [0.1, 0.15) is 29.7 Å². The summed E-state index contributed by atoms with van der Waals surface area (Å²) in [5.74, 6) is 0.122. The van der Waals surface area contributed by atoms with Crippen LogP contribution in [0.2, 0.25) is 5.02 Å². The van der Waals surface area contributed by atoms with Gasteiger partial charge in [-0.1, -0.05) is 11.6 Å². The Morgan fingerprint density at radius 1 is 1.50 bits per heavy atom. The minimum atomic E-state index is 0.122. The van der Waals surface area contributed by atoms with E-state index in [0.717, 1.165) is 31.1 Å². The molecule has 1 unspecified atom stereocenters. The van der Waals surface area contributed by atoms with E-state index in [1.807, 2.05) is 17.0 Å². The molecule has 0 aromatic heterocycles. The van der Waals surface area contributed by atoms with Crippen molar-refractivity contribution in [3.8, 4) is 0 Å². The van der Waals surface area contributed by atoms with Gasteiger partial charge in [-0.3, -0.25) is 4.79 Å². The largest absolute Gasteiger partial charge is 0.378 e. The van der Waals surface area contributed by atoms with Gasteiger partial charge in [-0.05, 0) is 35.2 Å². The molecule has 1 fully saturated rings. The number of morpholine rings is 1. The molecule has 2 aliphatic heterocycles. The third kappa shape index (κ3) is 2.68. The maximum absolute atomic E-state index is 11.5. The van der Waals surface area contributed by atoms with Crippen LogP contribution in [-0.4, -0.2) is 37.1 Å². The number of carbonyl (C=O) groups is 1. The minimum absolute atomic E-state index is 0.122. The first-order valence-corrected chi connectivity index (χ1v) is 7.41. The molecule has 0 bridgehead atoms. The molecule has 1 N–H and O–H groups in total. The number of hydrogen-bond acceptors (Lipinski definition) is 3. The molecule has 0 aliphatic carbocycles. The summed E-state index contributed by atoms with van der Waals surface area (Å²) in [6, 6.07) is 4.23. The summed E-state index contributed by atoms with van der Waals surface area (Å²) >= 11 is 6.26. The number of nitrogens with one attached hydrogen (secondary N) is 1. The van der Waals surface area contributed by atoms with Crippen molar-refractivity contribution in [2.75, 3.05) is 26.3 Å². The van der Waals surface area contributed by atoms with Gasteiger partial charge in [-0.2, -0.15) is 0 Å². The first kappa shape index (κ1) is 13.9. The van der Waals surface area contributed by atoms with Crippen molar-refractivity contribution in [1.29, 1.82) is 0 Å². The average molecular weight is 295 g/mol. The molecule has 3 rings (SSSR count). The van der Waals surface area contributed by atoms with Gasteiger partial charge < -0.3 is 15.0 Å². The van der Waals surface area contributed by atoms with E-state index in [-0.39, 0.29) is 11.9 Å². The normalized spacial score (nSPS) is 22.5. The Hall–Kier alpha value is -1.10. The Balaban J connectivity index is 1.94. The fraction of sp³-hybridized carbons (Fsp3) is 0.533. The van der Waals surface area contributed by atoms with Crippen LogP contribution < -0.4 is 5.32 Å². The Bertz CT molecular complexity index is 527. The van der Waals surface area contributed by atoms with Gasteiger partial charge in [0, 0.05) is 31.6 Å². The highest BCUT2D eigenvalue weighted by atomic mass is 35.5. The van der Waals surface area contributed by atoms with Crippen LogP contribution in [0.25, 0.3) is 0 Å². The number of nitrogens with zero attached hydrogens (tertiary/aromatic N) is 1. The molecule has 1 atom stereocenters. The lowest BCUT2D eigenvalue weighted by molar-refractivity contribution is -0.129. The molecule has 2 heterocycles. The van der Waals surface area contributed by atoms with Crippen LogP contribution >= 0.6 is 11.6 Å². The monoisotopic (exact) mass is 294 g/mol. The summed E-state index contributed by atoms with van der Waals surface area (Å²) in [6.45, 7) is 5.37. The average Bonchev–Trinajstić information content (AvgIpc) is 2.46. The molecule has 5 heteroatoms. The first-order valence-electron chi connectivity index (χ1n) is 7.03. The summed E-state index contributed by atoms with van der Waals surface area (Å²) in [7, 11) is 0. The summed E-state index contributed by atoms with van der Waals surface area (Å²) in [5.41, 5.74) is 3.73. The second-order valence-corrected chi connectivity index (χ2v) is 5.84. The van der Waals surface area contributed by atoms with E-state index in [1.54, 1.807) is 6.92 Å². The molecule has 1 aromatic carbocycles. The minimum Gasteiger partial charge on any atom is -0.378 e. The zero-order valence-electron chi connectivity index (χ0n) is 11.6. The van der Waals surface area contributed by atoms with Crippen LogP contribution in [0.3, 0.4) is 0 Å². The fourth-order valence-electron chi connectivity index (χ4n) is 3.04. The number of benzene rings is 1. The molecule has 108 valence electrons. The van der Waals surface area contributed by atoms with Crippen molar-refractivity contribution in [2.45, 2.75) is 25.9 Å². The fourth-order valence-corrected chi connectivity index (χ4v) is 3.29. The van der Waals surface area contributed by atoms with Crippen LogP contribution in [-0.2, 0) is 22.5 Å². The number of halogens is 1. The first-order chi connectivity index (χ1) is 9.65. The van der Waals surface area contributed by atoms with Gasteiger partial charge in [0.15, 0.2) is 0 Å². The standard InChI is InChI=1S/C15H19ClN2O2/c1-10(19)18-4-2-13-11(8-18)6-12(16)7-14(13)15-9-20-5-3-17-15/h6-7,15,17H,2-5,8-9H2,1H3. The zero-order valence-corrected chi connectivity index (χ0v) is 12.4. The molecule has 20 heavy (non-hydrogen) atoms. The smallest absolute Gasteiger partial charge is 0.219 e. The molecular weight excluding hydrogens is 276 g/mol. The van der Waals surface area contributed by atoms with E-state index in [2.05, 4.69) is 5.32 Å².